The maximum Gasteiger partial charge on any atom is 0.179 e. The molecule has 1 aromatic carbocycles. The Labute approximate surface area is 104 Å². The van der Waals surface area contributed by atoms with E-state index in [1.165, 1.54) is 6.21 Å². The van der Waals surface area contributed by atoms with Gasteiger partial charge in [0.15, 0.2) is 11.5 Å². The number of hydrogen-bond donors (Lipinski definition) is 2. The Balaban J connectivity index is 3.08. The molecular formula is C11H14ClNO4. The molecule has 0 heterocycles. The van der Waals surface area contributed by atoms with E-state index in [0.29, 0.717) is 28.7 Å². The van der Waals surface area contributed by atoms with E-state index in [1.54, 1.807) is 12.1 Å². The van der Waals surface area contributed by atoms with Crippen LogP contribution in [0.15, 0.2) is 17.3 Å². The molecule has 1 aromatic rings. The van der Waals surface area contributed by atoms with Crippen LogP contribution in [0.2, 0.25) is 5.02 Å². The second-order valence-electron chi connectivity index (χ2n) is 3.08. The van der Waals surface area contributed by atoms with Crippen LogP contribution in [-0.4, -0.2) is 36.3 Å². The van der Waals surface area contributed by atoms with E-state index in [0.717, 1.165) is 0 Å². The number of nitrogens with zero attached hydrogens (tertiary/aromatic N) is 1. The number of aliphatic hydroxyl groups excluding tert-OH is 1. The highest BCUT2D eigenvalue weighted by molar-refractivity contribution is 6.32. The lowest BCUT2D eigenvalue weighted by atomic mass is 10.2. The monoisotopic (exact) mass is 259 g/mol. The summed E-state index contributed by atoms with van der Waals surface area (Å²) in [7, 11) is 0. The van der Waals surface area contributed by atoms with E-state index in [9.17, 15) is 0 Å². The SMILES string of the molecule is CCOc1cc(/C=N/O)cc(Cl)c1OCCO. The molecule has 0 radical (unpaired) electrons. The molecule has 0 spiro atoms. The molecule has 0 aliphatic heterocycles. The van der Waals surface area contributed by atoms with Gasteiger partial charge in [0, 0.05) is 5.56 Å². The minimum absolute atomic E-state index is 0.109. The van der Waals surface area contributed by atoms with Crippen LogP contribution < -0.4 is 9.47 Å². The summed E-state index contributed by atoms with van der Waals surface area (Å²) < 4.78 is 10.7. The lowest BCUT2D eigenvalue weighted by Crippen LogP contribution is -2.05. The number of benzene rings is 1. The van der Waals surface area contributed by atoms with Crippen molar-refractivity contribution >= 4 is 17.8 Å². The Morgan fingerprint density at radius 1 is 1.41 bits per heavy atom. The number of oxime groups is 1. The molecule has 0 aliphatic carbocycles. The van der Waals surface area contributed by atoms with Gasteiger partial charge in [0.2, 0.25) is 0 Å². The van der Waals surface area contributed by atoms with Gasteiger partial charge < -0.3 is 19.8 Å². The fourth-order valence-electron chi connectivity index (χ4n) is 1.28. The normalized spacial score (nSPS) is 10.8. The molecule has 1 rings (SSSR count). The van der Waals surface area contributed by atoms with Crippen molar-refractivity contribution in [1.82, 2.24) is 0 Å². The number of aliphatic hydroxyl groups is 1. The van der Waals surface area contributed by atoms with Crippen molar-refractivity contribution < 1.29 is 19.8 Å². The predicted octanol–water partition coefficient (Wildman–Crippen LogP) is 1.92. The van der Waals surface area contributed by atoms with Gasteiger partial charge in [-0.25, -0.2) is 0 Å². The average Bonchev–Trinajstić information content (AvgIpc) is 2.29. The predicted molar refractivity (Wildman–Crippen MR) is 64.6 cm³/mol. The van der Waals surface area contributed by atoms with Gasteiger partial charge in [0.05, 0.1) is 24.5 Å². The third-order valence-corrected chi connectivity index (χ3v) is 2.16. The highest BCUT2D eigenvalue weighted by Gasteiger charge is 2.11. The Kier molecular flexibility index (Phi) is 5.59. The highest BCUT2D eigenvalue weighted by atomic mass is 35.5. The summed E-state index contributed by atoms with van der Waals surface area (Å²) in [5, 5.41) is 20.4. The number of ether oxygens (including phenoxy) is 2. The molecule has 0 amide bonds. The van der Waals surface area contributed by atoms with Crippen LogP contribution in [0.25, 0.3) is 0 Å². The summed E-state index contributed by atoms with van der Waals surface area (Å²) in [6, 6.07) is 3.22. The van der Waals surface area contributed by atoms with Gasteiger partial charge in [0.25, 0.3) is 0 Å². The zero-order valence-corrected chi connectivity index (χ0v) is 10.1. The van der Waals surface area contributed by atoms with Crippen molar-refractivity contribution in [1.29, 1.82) is 0 Å². The summed E-state index contributed by atoms with van der Waals surface area (Å²) in [5.41, 5.74) is 0.595. The quantitative estimate of drug-likeness (QED) is 0.465. The van der Waals surface area contributed by atoms with Crippen molar-refractivity contribution in [3.05, 3.63) is 22.7 Å². The molecule has 0 saturated carbocycles. The van der Waals surface area contributed by atoms with E-state index in [1.807, 2.05) is 6.92 Å². The maximum absolute atomic E-state index is 8.71. The Hall–Kier alpha value is -1.46. The van der Waals surface area contributed by atoms with E-state index in [-0.39, 0.29) is 13.2 Å². The smallest absolute Gasteiger partial charge is 0.179 e. The van der Waals surface area contributed by atoms with Crippen molar-refractivity contribution in [2.45, 2.75) is 6.92 Å². The molecule has 0 unspecified atom stereocenters. The van der Waals surface area contributed by atoms with Crippen LogP contribution >= 0.6 is 11.6 Å². The van der Waals surface area contributed by atoms with Crippen LogP contribution in [0.5, 0.6) is 11.5 Å². The first kappa shape index (κ1) is 13.6. The fourth-order valence-corrected chi connectivity index (χ4v) is 1.55. The average molecular weight is 260 g/mol. The largest absolute Gasteiger partial charge is 0.490 e. The van der Waals surface area contributed by atoms with Crippen LogP contribution in [0.3, 0.4) is 0 Å². The molecular weight excluding hydrogens is 246 g/mol. The van der Waals surface area contributed by atoms with Gasteiger partial charge in [-0.2, -0.15) is 0 Å². The molecule has 17 heavy (non-hydrogen) atoms. The molecule has 0 aromatic heterocycles. The highest BCUT2D eigenvalue weighted by Crippen LogP contribution is 2.36. The molecule has 6 heteroatoms. The Bertz CT molecular complexity index is 395. The third kappa shape index (κ3) is 3.80. The minimum Gasteiger partial charge on any atom is -0.490 e. The van der Waals surface area contributed by atoms with Crippen LogP contribution in [0, 0.1) is 0 Å². The molecule has 94 valence electrons. The van der Waals surface area contributed by atoms with E-state index >= 15 is 0 Å². The summed E-state index contributed by atoms with van der Waals surface area (Å²) >= 11 is 6.01. The molecule has 5 nitrogen and oxygen atoms in total. The first-order chi connectivity index (χ1) is 8.22. The lowest BCUT2D eigenvalue weighted by molar-refractivity contribution is 0.194. The van der Waals surface area contributed by atoms with E-state index < -0.39 is 0 Å². The summed E-state index contributed by atoms with van der Waals surface area (Å²) in [5.74, 6) is 0.820. The van der Waals surface area contributed by atoms with E-state index in [4.69, 9.17) is 31.4 Å². The summed E-state index contributed by atoms with van der Waals surface area (Å²) in [4.78, 5) is 0. The molecule has 0 aliphatic rings. The zero-order chi connectivity index (χ0) is 12.7. The van der Waals surface area contributed by atoms with Gasteiger partial charge in [-0.1, -0.05) is 16.8 Å². The Morgan fingerprint density at radius 3 is 2.76 bits per heavy atom. The minimum atomic E-state index is -0.109. The van der Waals surface area contributed by atoms with Crippen molar-refractivity contribution in [3.63, 3.8) is 0 Å². The second-order valence-corrected chi connectivity index (χ2v) is 3.49. The van der Waals surface area contributed by atoms with Crippen LogP contribution in [0.4, 0.5) is 0 Å². The number of halogens is 1. The van der Waals surface area contributed by atoms with Crippen LogP contribution in [-0.2, 0) is 0 Å². The first-order valence-corrected chi connectivity index (χ1v) is 5.48. The van der Waals surface area contributed by atoms with Gasteiger partial charge in [-0.05, 0) is 19.1 Å². The maximum atomic E-state index is 8.71. The van der Waals surface area contributed by atoms with Gasteiger partial charge >= 0.3 is 0 Å². The van der Waals surface area contributed by atoms with Gasteiger partial charge in [-0.15, -0.1) is 0 Å². The molecule has 2 N–H and O–H groups in total. The van der Waals surface area contributed by atoms with Crippen molar-refractivity contribution in [2.75, 3.05) is 19.8 Å². The topological polar surface area (TPSA) is 71.3 Å². The second kappa shape index (κ2) is 6.98. The standard InChI is InChI=1S/C11H14ClNO4/c1-2-16-10-6-8(7-13-15)5-9(12)11(10)17-4-3-14/h5-7,14-15H,2-4H2,1H3/b13-7+. The molecule has 0 atom stereocenters. The fraction of sp³-hybridized carbons (Fsp3) is 0.364. The summed E-state index contributed by atoms with van der Waals surface area (Å²) in [6.45, 7) is 2.30. The van der Waals surface area contributed by atoms with E-state index in [2.05, 4.69) is 5.16 Å². The third-order valence-electron chi connectivity index (χ3n) is 1.88. The first-order valence-electron chi connectivity index (χ1n) is 5.10. The summed E-state index contributed by atoms with van der Waals surface area (Å²) in [6.07, 6.45) is 1.24. The molecule has 0 saturated heterocycles. The van der Waals surface area contributed by atoms with Gasteiger partial charge in [-0.3, -0.25) is 0 Å². The van der Waals surface area contributed by atoms with Crippen molar-refractivity contribution in [2.24, 2.45) is 5.16 Å². The molecule has 0 fully saturated rings. The molecule has 0 bridgehead atoms. The van der Waals surface area contributed by atoms with Gasteiger partial charge in [0.1, 0.15) is 6.61 Å². The van der Waals surface area contributed by atoms with Crippen LogP contribution in [0.1, 0.15) is 12.5 Å². The zero-order valence-electron chi connectivity index (χ0n) is 9.39. The Morgan fingerprint density at radius 2 is 2.18 bits per heavy atom. The number of rotatable bonds is 6. The van der Waals surface area contributed by atoms with Crippen molar-refractivity contribution in [3.8, 4) is 11.5 Å². The lowest BCUT2D eigenvalue weighted by Gasteiger charge is -2.13. The number of hydrogen-bond acceptors (Lipinski definition) is 5.